The highest BCUT2D eigenvalue weighted by molar-refractivity contribution is 9.10. The number of hydrogen-bond donors (Lipinski definition) is 1. The van der Waals surface area contributed by atoms with Crippen molar-refractivity contribution < 1.29 is 4.74 Å². The molecule has 2 rings (SSSR count). The van der Waals surface area contributed by atoms with Crippen molar-refractivity contribution in [3.8, 4) is 0 Å². The molecule has 0 unspecified atom stereocenters. The molecule has 0 amide bonds. The molecule has 0 aromatic carbocycles. The van der Waals surface area contributed by atoms with Gasteiger partial charge in [-0.2, -0.15) is 0 Å². The normalized spacial score (nSPS) is 27.8. The summed E-state index contributed by atoms with van der Waals surface area (Å²) in [6, 6.07) is 2.11. The lowest BCUT2D eigenvalue weighted by molar-refractivity contribution is 0.105. The van der Waals surface area contributed by atoms with Gasteiger partial charge < -0.3 is 10.5 Å². The summed E-state index contributed by atoms with van der Waals surface area (Å²) in [4.78, 5) is 4.08. The van der Waals surface area contributed by atoms with Crippen molar-refractivity contribution in [3.05, 3.63) is 28.5 Å². The quantitative estimate of drug-likeness (QED) is 0.815. The molecule has 0 aliphatic carbocycles. The van der Waals surface area contributed by atoms with Crippen LogP contribution in [0.15, 0.2) is 22.9 Å². The summed E-state index contributed by atoms with van der Waals surface area (Å²) < 4.78 is 6.49. The van der Waals surface area contributed by atoms with Crippen LogP contribution in [0.5, 0.6) is 0 Å². The van der Waals surface area contributed by atoms with Crippen LogP contribution < -0.4 is 5.73 Å². The molecule has 2 atom stereocenters. The van der Waals surface area contributed by atoms with Crippen molar-refractivity contribution in [3.63, 3.8) is 0 Å². The molecule has 13 heavy (non-hydrogen) atoms. The van der Waals surface area contributed by atoms with Crippen LogP contribution in [-0.2, 0) is 4.74 Å². The van der Waals surface area contributed by atoms with Crippen molar-refractivity contribution in [1.82, 2.24) is 4.98 Å². The summed E-state index contributed by atoms with van der Waals surface area (Å²) in [7, 11) is 0. The fraction of sp³-hybridized carbons (Fsp3) is 0.444. The first kappa shape index (κ1) is 9.12. The molecule has 1 saturated heterocycles. The van der Waals surface area contributed by atoms with Gasteiger partial charge in [-0.05, 0) is 28.4 Å². The largest absolute Gasteiger partial charge is 0.372 e. The molecule has 2 heterocycles. The topological polar surface area (TPSA) is 48.1 Å². The Morgan fingerprint density at radius 1 is 1.54 bits per heavy atom. The van der Waals surface area contributed by atoms with Gasteiger partial charge in [-0.1, -0.05) is 0 Å². The maximum atomic E-state index is 5.89. The molecular formula is C9H11BrN2O. The lowest BCUT2D eigenvalue weighted by atomic mass is 10.1. The van der Waals surface area contributed by atoms with Crippen molar-refractivity contribution >= 4 is 15.9 Å². The second kappa shape index (κ2) is 3.74. The van der Waals surface area contributed by atoms with E-state index in [-0.39, 0.29) is 12.1 Å². The molecule has 70 valence electrons. The predicted molar refractivity (Wildman–Crippen MR) is 53.2 cm³/mol. The number of rotatable bonds is 1. The van der Waals surface area contributed by atoms with E-state index >= 15 is 0 Å². The molecule has 0 bridgehead atoms. The average Bonchev–Trinajstić information content (AvgIpc) is 2.51. The van der Waals surface area contributed by atoms with Gasteiger partial charge in [-0.25, -0.2) is 0 Å². The van der Waals surface area contributed by atoms with Gasteiger partial charge in [0.15, 0.2) is 0 Å². The Bertz CT molecular complexity index is 305. The van der Waals surface area contributed by atoms with E-state index in [0.717, 1.165) is 23.1 Å². The van der Waals surface area contributed by atoms with E-state index < -0.39 is 0 Å². The molecule has 0 radical (unpaired) electrons. The van der Waals surface area contributed by atoms with E-state index in [1.54, 1.807) is 12.4 Å². The zero-order valence-electron chi connectivity index (χ0n) is 7.11. The van der Waals surface area contributed by atoms with E-state index in [1.165, 1.54) is 0 Å². The Labute approximate surface area is 85.4 Å². The molecule has 1 aromatic rings. The van der Waals surface area contributed by atoms with E-state index in [2.05, 4.69) is 20.9 Å². The molecule has 2 N–H and O–H groups in total. The monoisotopic (exact) mass is 242 g/mol. The minimum absolute atomic E-state index is 0.0185. The average molecular weight is 243 g/mol. The Hall–Kier alpha value is -0.450. The van der Waals surface area contributed by atoms with Gasteiger partial charge >= 0.3 is 0 Å². The van der Waals surface area contributed by atoms with Crippen molar-refractivity contribution in [2.24, 2.45) is 5.73 Å². The molecule has 1 aromatic heterocycles. The smallest absolute Gasteiger partial charge is 0.0991 e. The molecule has 0 spiro atoms. The van der Waals surface area contributed by atoms with E-state index in [0.29, 0.717) is 0 Å². The highest BCUT2D eigenvalue weighted by Crippen LogP contribution is 2.28. The minimum atomic E-state index is 0.0185. The number of halogens is 1. The van der Waals surface area contributed by atoms with Gasteiger partial charge in [-0.3, -0.25) is 4.98 Å². The fourth-order valence-electron chi connectivity index (χ4n) is 1.53. The summed E-state index contributed by atoms with van der Waals surface area (Å²) in [6.45, 7) is 0.748. The van der Waals surface area contributed by atoms with E-state index in [9.17, 15) is 0 Å². The maximum absolute atomic E-state index is 5.89. The SMILES string of the molecule is N[C@@H]1CCO[C@@H]1c1cncc(Br)c1. The van der Waals surface area contributed by atoms with Crippen LogP contribution in [0.3, 0.4) is 0 Å². The first-order valence-corrected chi connectivity index (χ1v) is 5.04. The first-order valence-electron chi connectivity index (χ1n) is 4.25. The zero-order valence-corrected chi connectivity index (χ0v) is 8.70. The number of ether oxygens (including phenoxy) is 1. The number of hydrogen-bond acceptors (Lipinski definition) is 3. The van der Waals surface area contributed by atoms with Crippen LogP contribution in [0, 0.1) is 0 Å². The van der Waals surface area contributed by atoms with Gasteiger partial charge in [0.2, 0.25) is 0 Å². The standard InChI is InChI=1S/C9H11BrN2O/c10-7-3-6(4-12-5-7)9-8(11)1-2-13-9/h3-5,8-9H,1-2,11H2/t8-,9-/m1/s1. The van der Waals surface area contributed by atoms with Gasteiger partial charge in [0.1, 0.15) is 0 Å². The summed E-state index contributed by atoms with van der Waals surface area (Å²) in [5, 5.41) is 0. The number of aromatic nitrogens is 1. The molecule has 1 aliphatic rings. The molecule has 0 saturated carbocycles. The Balaban J connectivity index is 2.24. The van der Waals surface area contributed by atoms with Crippen LogP contribution >= 0.6 is 15.9 Å². The third kappa shape index (κ3) is 1.90. The molecule has 4 heteroatoms. The Morgan fingerprint density at radius 2 is 2.38 bits per heavy atom. The molecule has 1 fully saturated rings. The summed E-state index contributed by atoms with van der Waals surface area (Å²) in [6.07, 6.45) is 4.51. The van der Waals surface area contributed by atoms with Crippen molar-refractivity contribution in [2.75, 3.05) is 6.61 Å². The van der Waals surface area contributed by atoms with Gasteiger partial charge in [0, 0.05) is 35.1 Å². The minimum Gasteiger partial charge on any atom is -0.372 e. The Kier molecular flexibility index (Phi) is 2.62. The van der Waals surface area contributed by atoms with Crippen LogP contribution in [0.4, 0.5) is 0 Å². The zero-order chi connectivity index (χ0) is 9.26. The second-order valence-electron chi connectivity index (χ2n) is 3.18. The summed E-state index contributed by atoms with van der Waals surface area (Å²) >= 11 is 3.37. The third-order valence-corrected chi connectivity index (χ3v) is 2.63. The number of nitrogens with two attached hydrogens (primary N) is 1. The molecular weight excluding hydrogens is 232 g/mol. The summed E-state index contributed by atoms with van der Waals surface area (Å²) in [5.74, 6) is 0. The lowest BCUT2D eigenvalue weighted by Gasteiger charge is -2.14. The highest BCUT2D eigenvalue weighted by Gasteiger charge is 2.26. The fourth-order valence-corrected chi connectivity index (χ4v) is 1.92. The van der Waals surface area contributed by atoms with Crippen molar-refractivity contribution in [1.29, 1.82) is 0 Å². The van der Waals surface area contributed by atoms with Gasteiger partial charge in [0.05, 0.1) is 6.10 Å². The van der Waals surface area contributed by atoms with Crippen molar-refractivity contribution in [2.45, 2.75) is 18.6 Å². The molecule has 3 nitrogen and oxygen atoms in total. The van der Waals surface area contributed by atoms with Gasteiger partial charge in [0.25, 0.3) is 0 Å². The van der Waals surface area contributed by atoms with Crippen LogP contribution in [0.1, 0.15) is 18.1 Å². The van der Waals surface area contributed by atoms with E-state index in [1.807, 2.05) is 6.07 Å². The number of nitrogens with zero attached hydrogens (tertiary/aromatic N) is 1. The maximum Gasteiger partial charge on any atom is 0.0991 e. The first-order chi connectivity index (χ1) is 6.27. The third-order valence-electron chi connectivity index (χ3n) is 2.19. The predicted octanol–water partition coefficient (Wildman–Crippen LogP) is 1.63. The van der Waals surface area contributed by atoms with Gasteiger partial charge in [-0.15, -0.1) is 0 Å². The van der Waals surface area contributed by atoms with Crippen LogP contribution in [-0.4, -0.2) is 17.6 Å². The highest BCUT2D eigenvalue weighted by atomic mass is 79.9. The lowest BCUT2D eigenvalue weighted by Crippen LogP contribution is -2.23. The Morgan fingerprint density at radius 3 is 3.00 bits per heavy atom. The molecule has 1 aliphatic heterocycles. The van der Waals surface area contributed by atoms with Crippen LogP contribution in [0.2, 0.25) is 0 Å². The summed E-state index contributed by atoms with van der Waals surface area (Å²) in [5.41, 5.74) is 6.95. The number of pyridine rings is 1. The van der Waals surface area contributed by atoms with E-state index in [4.69, 9.17) is 10.5 Å². The second-order valence-corrected chi connectivity index (χ2v) is 4.10. The van der Waals surface area contributed by atoms with Crippen LogP contribution in [0.25, 0.3) is 0 Å².